The topological polar surface area (TPSA) is 307 Å². The lowest BCUT2D eigenvalue weighted by Gasteiger charge is -2.22. The van der Waals surface area contributed by atoms with Crippen LogP contribution < -0.4 is 15.2 Å². The Kier molecular flexibility index (Phi) is 12.3. The molecule has 0 radical (unpaired) electrons. The van der Waals surface area contributed by atoms with Crippen molar-refractivity contribution >= 4 is 66.2 Å². The molecule has 0 spiro atoms. The third-order valence-corrected chi connectivity index (χ3v) is 8.55. The second-order valence-corrected chi connectivity index (χ2v) is 13.3. The number of ether oxygens (including phenoxy) is 2. The SMILES string of the molecule is Nc1cc2c(O)c(N=Nc3cc(OCCCO)c(N=Nc4ccc(CC(=O)O)cc4)cc3OCCCO)c(S(O)(O)O)cc2cc1S(=O)(=O)O. The van der Waals surface area contributed by atoms with E-state index in [0.29, 0.717) is 11.3 Å². The summed E-state index contributed by atoms with van der Waals surface area (Å²) in [4.78, 5) is 9.50. The highest BCUT2D eigenvalue weighted by Crippen LogP contribution is 2.55. The second kappa shape index (κ2) is 16.2. The van der Waals surface area contributed by atoms with Gasteiger partial charge < -0.3 is 49.3 Å². The predicted octanol–water partition coefficient (Wildman–Crippen LogP) is 5.94. The number of aromatic hydroxyl groups is 1. The molecule has 4 rings (SSSR count). The van der Waals surface area contributed by atoms with Gasteiger partial charge in [-0.05, 0) is 41.3 Å². The molecule has 20 heteroatoms. The van der Waals surface area contributed by atoms with Gasteiger partial charge in [-0.3, -0.25) is 9.35 Å². The largest absolute Gasteiger partial charge is 0.505 e. The first-order chi connectivity index (χ1) is 23.6. The van der Waals surface area contributed by atoms with Crippen LogP contribution in [0.25, 0.3) is 10.8 Å². The van der Waals surface area contributed by atoms with Gasteiger partial charge in [-0.1, -0.05) is 12.1 Å². The number of nitrogens with zero attached hydrogens (tertiary/aromatic N) is 4. The zero-order chi connectivity index (χ0) is 36.6. The van der Waals surface area contributed by atoms with Crippen molar-refractivity contribution in [3.63, 3.8) is 0 Å². The lowest BCUT2D eigenvalue weighted by atomic mass is 10.1. The number of nitrogen functional groups attached to an aromatic ring is 1. The van der Waals surface area contributed by atoms with Crippen LogP contribution in [0, 0.1) is 0 Å². The van der Waals surface area contributed by atoms with E-state index in [-0.39, 0.29) is 79.3 Å². The highest BCUT2D eigenvalue weighted by atomic mass is 32.3. The summed E-state index contributed by atoms with van der Waals surface area (Å²) in [7, 11) is -9.45. The first-order valence-electron chi connectivity index (χ1n) is 14.5. The monoisotopic (exact) mass is 735 g/mol. The highest BCUT2D eigenvalue weighted by molar-refractivity contribution is 8.19. The van der Waals surface area contributed by atoms with Gasteiger partial charge in [0, 0.05) is 43.6 Å². The van der Waals surface area contributed by atoms with Crippen LogP contribution in [0.3, 0.4) is 0 Å². The molecule has 0 bridgehead atoms. The lowest BCUT2D eigenvalue weighted by Crippen LogP contribution is -2.03. The minimum Gasteiger partial charge on any atom is -0.505 e. The first-order valence-corrected chi connectivity index (χ1v) is 17.4. The molecule has 0 aliphatic carbocycles. The van der Waals surface area contributed by atoms with Crippen molar-refractivity contribution < 1.29 is 61.3 Å². The minimum absolute atomic E-state index is 0.00954. The van der Waals surface area contributed by atoms with Gasteiger partial charge in [-0.15, -0.1) is 15.3 Å². The van der Waals surface area contributed by atoms with Crippen LogP contribution in [0.15, 0.2) is 84.8 Å². The maximum atomic E-state index is 11.8. The van der Waals surface area contributed by atoms with Crippen molar-refractivity contribution in [3.8, 4) is 17.2 Å². The molecule has 0 unspecified atom stereocenters. The molecule has 0 heterocycles. The summed E-state index contributed by atoms with van der Waals surface area (Å²) >= 11 is 0. The number of carboxylic acid groups (broad SMARTS) is 1. The fourth-order valence-corrected chi connectivity index (χ4v) is 5.72. The fourth-order valence-electron chi connectivity index (χ4n) is 4.41. The number of carboxylic acids is 1. The Morgan fingerprint density at radius 3 is 1.80 bits per heavy atom. The average molecular weight is 736 g/mol. The number of phenols is 1. The van der Waals surface area contributed by atoms with Crippen LogP contribution in [0.4, 0.5) is 28.4 Å². The summed E-state index contributed by atoms with van der Waals surface area (Å²) in [5.74, 6) is -1.69. The Hall–Kier alpha value is -4.93. The Morgan fingerprint density at radius 1 is 0.760 bits per heavy atom. The van der Waals surface area contributed by atoms with Crippen LogP contribution in [0.5, 0.6) is 17.2 Å². The lowest BCUT2D eigenvalue weighted by molar-refractivity contribution is -0.136. The van der Waals surface area contributed by atoms with Crippen LogP contribution >= 0.6 is 10.9 Å². The molecule has 0 saturated carbocycles. The van der Waals surface area contributed by atoms with E-state index < -0.39 is 53.9 Å². The van der Waals surface area contributed by atoms with Gasteiger partial charge in [-0.25, -0.2) is 0 Å². The van der Waals surface area contributed by atoms with E-state index >= 15 is 0 Å². The summed E-state index contributed by atoms with van der Waals surface area (Å²) in [6.07, 6.45) is 0.265. The van der Waals surface area contributed by atoms with Crippen LogP contribution in [-0.2, 0) is 21.3 Å². The van der Waals surface area contributed by atoms with E-state index in [2.05, 4.69) is 20.5 Å². The number of azo groups is 2. The van der Waals surface area contributed by atoms with Crippen LogP contribution in [0.2, 0.25) is 0 Å². The number of hydrogen-bond donors (Lipinski definition) is 9. The number of aliphatic hydroxyl groups is 2. The normalized spacial score (nSPS) is 12.6. The zero-order valence-corrected chi connectivity index (χ0v) is 27.6. The standard InChI is InChI=1S/C30H33N5O13S2/c31-21-14-20-18(12-26(21)49(41,42)43)13-27(50(44,45)46)29(30(20)40)35-34-23-16-24(47-9-1-7-36)22(15-25(23)48-10-2-8-37)33-32-19-5-3-17(4-6-19)11-28(38)39/h3-6,12-16,36-37,40,44-46H,1-2,7-11,31H2,(H,38,39)(H,41,42,43). The number of fused-ring (bicyclic) bond motifs is 1. The highest BCUT2D eigenvalue weighted by Gasteiger charge is 2.27. The van der Waals surface area contributed by atoms with E-state index in [1.807, 2.05) is 0 Å². The summed E-state index contributed by atoms with van der Waals surface area (Å²) in [6, 6.07) is 11.8. The molecule has 50 heavy (non-hydrogen) atoms. The summed E-state index contributed by atoms with van der Waals surface area (Å²) in [6.45, 7) is -0.389. The average Bonchev–Trinajstić information content (AvgIpc) is 3.04. The molecule has 0 saturated heterocycles. The summed E-state index contributed by atoms with van der Waals surface area (Å²) < 4.78 is 75.2. The first kappa shape index (κ1) is 37.9. The smallest absolute Gasteiger partial charge is 0.307 e. The van der Waals surface area contributed by atoms with Gasteiger partial charge in [0.15, 0.2) is 5.75 Å². The third-order valence-electron chi connectivity index (χ3n) is 6.74. The number of benzene rings is 4. The minimum atomic E-state index is -4.82. The van der Waals surface area contributed by atoms with E-state index in [0.717, 1.165) is 18.2 Å². The molecular formula is C30H33N5O13S2. The number of aliphatic hydroxyl groups excluding tert-OH is 2. The molecule has 4 aromatic rings. The Bertz CT molecular complexity index is 2030. The van der Waals surface area contributed by atoms with Gasteiger partial charge in [0.05, 0.1) is 35.9 Å². The van der Waals surface area contributed by atoms with E-state index in [1.54, 1.807) is 24.3 Å². The zero-order valence-electron chi connectivity index (χ0n) is 25.9. The molecule has 268 valence electrons. The number of hydrogen-bond acceptors (Lipinski definition) is 16. The van der Waals surface area contributed by atoms with Gasteiger partial charge >= 0.3 is 5.97 Å². The molecule has 0 atom stereocenters. The summed E-state index contributed by atoms with van der Waals surface area (Å²) in [5, 5.41) is 54.8. The summed E-state index contributed by atoms with van der Waals surface area (Å²) in [5.41, 5.74) is 5.66. The number of rotatable bonds is 16. The number of aliphatic carboxylic acids is 1. The van der Waals surface area contributed by atoms with E-state index in [1.165, 1.54) is 12.1 Å². The van der Waals surface area contributed by atoms with Gasteiger partial charge in [-0.2, -0.15) is 13.5 Å². The molecule has 0 amide bonds. The molecular weight excluding hydrogens is 702 g/mol. The maximum Gasteiger partial charge on any atom is 0.307 e. The van der Waals surface area contributed by atoms with Gasteiger partial charge in [0.2, 0.25) is 0 Å². The third kappa shape index (κ3) is 9.61. The Labute approximate surface area is 286 Å². The number of anilines is 1. The van der Waals surface area contributed by atoms with Crippen LogP contribution in [-0.4, -0.2) is 79.5 Å². The van der Waals surface area contributed by atoms with Gasteiger partial charge in [0.25, 0.3) is 10.1 Å². The molecule has 0 aromatic heterocycles. The van der Waals surface area contributed by atoms with E-state index in [9.17, 15) is 46.7 Å². The fraction of sp³-hybridized carbons (Fsp3) is 0.233. The number of nitrogens with two attached hydrogens (primary N) is 1. The molecule has 0 aliphatic heterocycles. The van der Waals surface area contributed by atoms with Crippen molar-refractivity contribution in [1.29, 1.82) is 0 Å². The second-order valence-electron chi connectivity index (χ2n) is 10.5. The van der Waals surface area contributed by atoms with E-state index in [4.69, 9.17) is 20.3 Å². The molecule has 0 fully saturated rings. The molecule has 18 nitrogen and oxygen atoms in total. The van der Waals surface area contributed by atoms with Crippen molar-refractivity contribution in [1.82, 2.24) is 0 Å². The molecule has 10 N–H and O–H groups in total. The quantitative estimate of drug-likeness (QED) is 0.0278. The number of phenolic OH excluding ortho intramolecular Hbond substituents is 1. The van der Waals surface area contributed by atoms with Crippen LogP contribution in [0.1, 0.15) is 18.4 Å². The van der Waals surface area contributed by atoms with Crippen molar-refractivity contribution in [2.24, 2.45) is 20.5 Å². The molecule has 4 aromatic carbocycles. The number of carbonyl (C=O) groups is 1. The molecule has 0 aliphatic rings. The van der Waals surface area contributed by atoms with Crippen molar-refractivity contribution in [3.05, 3.63) is 60.2 Å². The Balaban J connectivity index is 1.85. The van der Waals surface area contributed by atoms with Crippen molar-refractivity contribution in [2.45, 2.75) is 29.1 Å². The Morgan fingerprint density at radius 2 is 1.30 bits per heavy atom. The predicted molar refractivity (Wildman–Crippen MR) is 181 cm³/mol. The van der Waals surface area contributed by atoms with Crippen molar-refractivity contribution in [2.75, 3.05) is 32.2 Å². The maximum absolute atomic E-state index is 11.8. The van der Waals surface area contributed by atoms with Gasteiger partial charge in [0.1, 0.15) is 44.3 Å².